The first-order valence-corrected chi connectivity index (χ1v) is 12.1. The fourth-order valence-electron chi connectivity index (χ4n) is 4.74. The van der Waals surface area contributed by atoms with Gasteiger partial charge in [-0.3, -0.25) is 0 Å². The van der Waals surface area contributed by atoms with Crippen LogP contribution in [0.25, 0.3) is 22.2 Å². The van der Waals surface area contributed by atoms with Crippen molar-refractivity contribution in [2.75, 3.05) is 43.0 Å². The standard InChI is InChI=1S/C27H25F2N7O2/c1-3-36-26(33(2)23-9-6-18(16-30)24(31-23)17-4-7-19(28)8-5-17)21-14-20(15-22(29)25(21)32-36)34-10-12-35(13-11-34)27(37)38/h4-9,14-15H,3,10-13H2,1-2H3,(H,37,38). The first kappa shape index (κ1) is 25.0. The van der Waals surface area contributed by atoms with Crippen molar-refractivity contribution in [3.8, 4) is 17.3 Å². The number of piperazine rings is 1. The van der Waals surface area contributed by atoms with E-state index in [0.717, 1.165) is 0 Å². The van der Waals surface area contributed by atoms with Crippen LogP contribution in [0.3, 0.4) is 0 Å². The molecule has 2 aromatic heterocycles. The Labute approximate surface area is 217 Å². The minimum absolute atomic E-state index is 0.217. The van der Waals surface area contributed by atoms with Gasteiger partial charge < -0.3 is 19.8 Å². The van der Waals surface area contributed by atoms with Gasteiger partial charge in [0, 0.05) is 56.4 Å². The zero-order chi connectivity index (χ0) is 27.0. The highest BCUT2D eigenvalue weighted by Gasteiger charge is 2.25. The molecule has 2 aromatic carbocycles. The van der Waals surface area contributed by atoms with Crippen molar-refractivity contribution in [2.24, 2.45) is 0 Å². The molecular formula is C27H25F2N7O2. The van der Waals surface area contributed by atoms with Crippen molar-refractivity contribution in [3.05, 3.63) is 65.7 Å². The van der Waals surface area contributed by atoms with Crippen LogP contribution in [0.1, 0.15) is 12.5 Å². The summed E-state index contributed by atoms with van der Waals surface area (Å²) in [6, 6.07) is 14.6. The molecule has 0 aliphatic carbocycles. The highest BCUT2D eigenvalue weighted by molar-refractivity contribution is 5.95. The minimum Gasteiger partial charge on any atom is -0.465 e. The van der Waals surface area contributed by atoms with Gasteiger partial charge in [-0.15, -0.1) is 0 Å². The van der Waals surface area contributed by atoms with Crippen LogP contribution >= 0.6 is 0 Å². The van der Waals surface area contributed by atoms with Gasteiger partial charge in [0.25, 0.3) is 0 Å². The number of hydrogen-bond acceptors (Lipinski definition) is 6. The van der Waals surface area contributed by atoms with Crippen LogP contribution in [-0.4, -0.2) is 64.1 Å². The van der Waals surface area contributed by atoms with Crippen molar-refractivity contribution >= 4 is 34.3 Å². The molecule has 0 spiro atoms. The number of aromatic nitrogens is 3. The van der Waals surface area contributed by atoms with E-state index < -0.39 is 11.9 Å². The Morgan fingerprint density at radius 3 is 2.45 bits per heavy atom. The summed E-state index contributed by atoms with van der Waals surface area (Å²) in [4.78, 5) is 21.1. The summed E-state index contributed by atoms with van der Waals surface area (Å²) in [7, 11) is 1.79. The summed E-state index contributed by atoms with van der Waals surface area (Å²) in [5, 5.41) is 24.0. The topological polar surface area (TPSA) is 102 Å². The predicted molar refractivity (Wildman–Crippen MR) is 140 cm³/mol. The van der Waals surface area contributed by atoms with Crippen molar-refractivity contribution in [2.45, 2.75) is 13.5 Å². The molecule has 1 N–H and O–H groups in total. The van der Waals surface area contributed by atoms with E-state index in [2.05, 4.69) is 11.2 Å². The molecule has 1 saturated heterocycles. The number of nitrogens with zero attached hydrogens (tertiary/aromatic N) is 7. The number of carbonyl (C=O) groups is 1. The van der Waals surface area contributed by atoms with Gasteiger partial charge in [0.05, 0.1) is 11.3 Å². The van der Waals surface area contributed by atoms with Crippen LogP contribution in [0.2, 0.25) is 0 Å². The van der Waals surface area contributed by atoms with Gasteiger partial charge >= 0.3 is 6.09 Å². The zero-order valence-electron chi connectivity index (χ0n) is 20.9. The Morgan fingerprint density at radius 2 is 1.82 bits per heavy atom. The first-order valence-electron chi connectivity index (χ1n) is 12.1. The summed E-state index contributed by atoms with van der Waals surface area (Å²) in [6.45, 7) is 3.94. The zero-order valence-corrected chi connectivity index (χ0v) is 20.9. The number of aryl methyl sites for hydroxylation is 1. The highest BCUT2D eigenvalue weighted by atomic mass is 19.1. The lowest BCUT2D eigenvalue weighted by atomic mass is 10.1. The maximum atomic E-state index is 15.3. The highest BCUT2D eigenvalue weighted by Crippen LogP contribution is 2.36. The second-order valence-corrected chi connectivity index (χ2v) is 8.96. The summed E-state index contributed by atoms with van der Waals surface area (Å²) >= 11 is 0. The van der Waals surface area contributed by atoms with E-state index in [9.17, 15) is 19.6 Å². The Kier molecular flexibility index (Phi) is 6.55. The van der Waals surface area contributed by atoms with Crippen molar-refractivity contribution < 1.29 is 18.7 Å². The monoisotopic (exact) mass is 517 g/mol. The molecule has 5 rings (SSSR count). The number of halogens is 2. The maximum absolute atomic E-state index is 15.3. The molecule has 9 nitrogen and oxygen atoms in total. The molecule has 1 aliphatic rings. The normalized spacial score (nSPS) is 13.6. The van der Waals surface area contributed by atoms with E-state index in [1.165, 1.54) is 23.1 Å². The van der Waals surface area contributed by atoms with Gasteiger partial charge in [-0.25, -0.2) is 23.2 Å². The fourth-order valence-corrected chi connectivity index (χ4v) is 4.74. The molecule has 38 heavy (non-hydrogen) atoms. The van der Waals surface area contributed by atoms with Crippen molar-refractivity contribution in [1.29, 1.82) is 5.26 Å². The molecule has 4 aromatic rings. The first-order chi connectivity index (χ1) is 18.3. The molecule has 0 saturated carbocycles. The molecule has 0 bridgehead atoms. The van der Waals surface area contributed by atoms with E-state index in [4.69, 9.17) is 4.98 Å². The number of fused-ring (bicyclic) bond motifs is 1. The van der Waals surface area contributed by atoms with E-state index in [-0.39, 0.29) is 11.3 Å². The third-order valence-corrected chi connectivity index (χ3v) is 6.75. The van der Waals surface area contributed by atoms with Crippen LogP contribution in [-0.2, 0) is 6.54 Å². The lowest BCUT2D eigenvalue weighted by molar-refractivity contribution is 0.142. The van der Waals surface area contributed by atoms with Crippen molar-refractivity contribution in [3.63, 3.8) is 0 Å². The average molecular weight is 518 g/mol. The molecule has 1 aliphatic heterocycles. The van der Waals surface area contributed by atoms with Gasteiger partial charge in [-0.2, -0.15) is 10.4 Å². The van der Waals surface area contributed by atoms with Crippen LogP contribution in [0.5, 0.6) is 0 Å². The van der Waals surface area contributed by atoms with Gasteiger partial charge in [0.2, 0.25) is 0 Å². The number of benzene rings is 2. The molecule has 3 heterocycles. The maximum Gasteiger partial charge on any atom is 0.407 e. The van der Waals surface area contributed by atoms with E-state index in [1.54, 1.807) is 40.9 Å². The molecule has 0 unspecified atom stereocenters. The van der Waals surface area contributed by atoms with Crippen LogP contribution in [0.4, 0.5) is 30.9 Å². The molecule has 0 atom stereocenters. The average Bonchev–Trinajstić information content (AvgIpc) is 3.32. The number of rotatable bonds is 5. The second-order valence-electron chi connectivity index (χ2n) is 8.96. The Bertz CT molecular complexity index is 1550. The SMILES string of the molecule is CCn1nc2c(F)cc(N3CCN(C(=O)O)CC3)cc2c1N(C)c1ccc(C#N)c(-c2ccc(F)cc2)n1. The lowest BCUT2D eigenvalue weighted by Gasteiger charge is -2.34. The van der Waals surface area contributed by atoms with Crippen molar-refractivity contribution in [1.82, 2.24) is 19.7 Å². The molecule has 1 fully saturated rings. The van der Waals surface area contributed by atoms with E-state index in [0.29, 0.717) is 72.3 Å². The van der Waals surface area contributed by atoms with Gasteiger partial charge in [-0.05, 0) is 55.5 Å². The summed E-state index contributed by atoms with van der Waals surface area (Å²) < 4.78 is 30.5. The molecular weight excluding hydrogens is 492 g/mol. The Balaban J connectivity index is 1.57. The van der Waals surface area contributed by atoms with E-state index in [1.807, 2.05) is 17.9 Å². The van der Waals surface area contributed by atoms with Gasteiger partial charge in [-0.1, -0.05) is 0 Å². The quantitative estimate of drug-likeness (QED) is 0.404. The van der Waals surface area contributed by atoms with Crippen LogP contribution in [0.15, 0.2) is 48.5 Å². The predicted octanol–water partition coefficient (Wildman–Crippen LogP) is 4.84. The number of anilines is 3. The molecule has 0 radical (unpaired) electrons. The Hall–Kier alpha value is -4.72. The van der Waals surface area contributed by atoms with E-state index >= 15 is 4.39 Å². The number of amides is 1. The number of nitriles is 1. The second kappa shape index (κ2) is 9.97. The molecule has 1 amide bonds. The summed E-state index contributed by atoms with van der Waals surface area (Å²) in [6.07, 6.45) is -0.964. The van der Waals surface area contributed by atoms with Crippen LogP contribution < -0.4 is 9.80 Å². The minimum atomic E-state index is -0.964. The fraction of sp³-hybridized carbons (Fsp3) is 0.259. The third kappa shape index (κ3) is 4.45. The summed E-state index contributed by atoms with van der Waals surface area (Å²) in [5.41, 5.74) is 2.21. The number of hydrogen-bond donors (Lipinski definition) is 1. The number of pyridine rings is 1. The van der Waals surface area contributed by atoms with Gasteiger partial charge in [0.15, 0.2) is 5.82 Å². The Morgan fingerprint density at radius 1 is 1.11 bits per heavy atom. The van der Waals surface area contributed by atoms with Crippen LogP contribution in [0, 0.1) is 23.0 Å². The number of carboxylic acid groups (broad SMARTS) is 1. The summed E-state index contributed by atoms with van der Waals surface area (Å²) in [5.74, 6) is 0.260. The largest absolute Gasteiger partial charge is 0.465 e. The van der Waals surface area contributed by atoms with Gasteiger partial charge in [0.1, 0.15) is 29.0 Å². The third-order valence-electron chi connectivity index (χ3n) is 6.75. The molecule has 194 valence electrons. The smallest absolute Gasteiger partial charge is 0.407 e. The lowest BCUT2D eigenvalue weighted by Crippen LogP contribution is -2.48. The molecule has 11 heteroatoms.